The highest BCUT2D eigenvalue weighted by molar-refractivity contribution is 6.35. The van der Waals surface area contributed by atoms with Crippen molar-refractivity contribution in [2.75, 3.05) is 18.5 Å². The molecule has 0 saturated heterocycles. The van der Waals surface area contributed by atoms with Gasteiger partial charge in [-0.3, -0.25) is 10.1 Å². The smallest absolute Gasteiger partial charge is 0.264 e. The van der Waals surface area contributed by atoms with Crippen LogP contribution in [0.3, 0.4) is 0 Å². The van der Waals surface area contributed by atoms with Crippen molar-refractivity contribution >= 4 is 46.7 Å². The molecule has 128 valence electrons. The third kappa shape index (κ3) is 5.70. The van der Waals surface area contributed by atoms with Gasteiger partial charge in [0.15, 0.2) is 6.61 Å². The summed E-state index contributed by atoms with van der Waals surface area (Å²) >= 11 is 17.6. The molecule has 0 saturated carbocycles. The van der Waals surface area contributed by atoms with E-state index in [1.54, 1.807) is 12.1 Å². The maximum absolute atomic E-state index is 11.9. The fourth-order valence-corrected chi connectivity index (χ4v) is 2.27. The van der Waals surface area contributed by atoms with Gasteiger partial charge in [0, 0.05) is 11.1 Å². The Morgan fingerprint density at radius 3 is 2.67 bits per heavy atom. The van der Waals surface area contributed by atoms with Crippen molar-refractivity contribution in [1.29, 1.82) is 0 Å². The number of amides is 1. The molecule has 1 N–H and O–H groups in total. The Hall–Kier alpha value is -1.76. The van der Waals surface area contributed by atoms with Gasteiger partial charge in [-0.1, -0.05) is 41.7 Å². The van der Waals surface area contributed by atoms with Gasteiger partial charge in [-0.2, -0.15) is 4.98 Å². The molecule has 0 bridgehead atoms. The van der Waals surface area contributed by atoms with Crippen LogP contribution < -0.4 is 14.8 Å². The second kappa shape index (κ2) is 8.92. The van der Waals surface area contributed by atoms with E-state index >= 15 is 0 Å². The van der Waals surface area contributed by atoms with Gasteiger partial charge in [-0.05, 0) is 24.6 Å². The molecule has 0 aliphatic rings. The van der Waals surface area contributed by atoms with E-state index in [0.717, 1.165) is 6.42 Å². The quantitative estimate of drug-likeness (QED) is 0.716. The summed E-state index contributed by atoms with van der Waals surface area (Å²) < 4.78 is 10.7. The first-order chi connectivity index (χ1) is 11.5. The SMILES string of the molecule is CCCOc1cc(Cl)nc(NC(=O)COc2ccc(Cl)cc2Cl)n1. The molecule has 0 fully saturated rings. The number of nitrogens with one attached hydrogen (secondary N) is 1. The summed E-state index contributed by atoms with van der Waals surface area (Å²) in [4.78, 5) is 19.9. The zero-order chi connectivity index (χ0) is 17.5. The summed E-state index contributed by atoms with van der Waals surface area (Å²) in [6.07, 6.45) is 0.818. The summed E-state index contributed by atoms with van der Waals surface area (Å²) in [6.45, 7) is 2.17. The van der Waals surface area contributed by atoms with Crippen molar-refractivity contribution in [3.63, 3.8) is 0 Å². The van der Waals surface area contributed by atoms with Gasteiger partial charge in [0.2, 0.25) is 11.8 Å². The second-order valence-corrected chi connectivity index (χ2v) is 5.84. The highest BCUT2D eigenvalue weighted by Crippen LogP contribution is 2.27. The van der Waals surface area contributed by atoms with Crippen molar-refractivity contribution < 1.29 is 14.3 Å². The lowest BCUT2D eigenvalue weighted by atomic mass is 10.3. The molecule has 24 heavy (non-hydrogen) atoms. The van der Waals surface area contributed by atoms with Crippen LogP contribution in [0.25, 0.3) is 0 Å². The third-order valence-corrected chi connectivity index (χ3v) is 3.35. The number of rotatable bonds is 7. The summed E-state index contributed by atoms with van der Waals surface area (Å²) in [5.74, 6) is 0.193. The minimum Gasteiger partial charge on any atom is -0.482 e. The number of ether oxygens (including phenoxy) is 2. The summed E-state index contributed by atoms with van der Waals surface area (Å²) in [7, 11) is 0. The predicted octanol–water partition coefficient (Wildman–Crippen LogP) is 4.24. The Bertz CT molecular complexity index is 728. The van der Waals surface area contributed by atoms with E-state index in [1.807, 2.05) is 6.92 Å². The molecule has 0 unspecified atom stereocenters. The van der Waals surface area contributed by atoms with Gasteiger partial charge in [-0.25, -0.2) is 4.98 Å². The molecule has 2 rings (SSSR count). The Kier molecular flexibility index (Phi) is 6.90. The minimum absolute atomic E-state index is 0.0319. The third-order valence-electron chi connectivity index (χ3n) is 2.63. The molecule has 2 aromatic rings. The molecule has 6 nitrogen and oxygen atoms in total. The van der Waals surface area contributed by atoms with Gasteiger partial charge in [-0.15, -0.1) is 0 Å². The van der Waals surface area contributed by atoms with Gasteiger partial charge in [0.25, 0.3) is 5.91 Å². The van der Waals surface area contributed by atoms with Crippen LogP contribution in [0, 0.1) is 0 Å². The van der Waals surface area contributed by atoms with Crippen molar-refractivity contribution in [2.24, 2.45) is 0 Å². The molecule has 0 atom stereocenters. The monoisotopic (exact) mass is 389 g/mol. The number of aromatic nitrogens is 2. The number of hydrogen-bond acceptors (Lipinski definition) is 5. The second-order valence-electron chi connectivity index (χ2n) is 4.61. The first kappa shape index (κ1) is 18.6. The maximum atomic E-state index is 11.9. The Morgan fingerprint density at radius 2 is 1.96 bits per heavy atom. The van der Waals surface area contributed by atoms with Gasteiger partial charge >= 0.3 is 0 Å². The van der Waals surface area contributed by atoms with Crippen LogP contribution in [-0.2, 0) is 4.79 Å². The normalized spacial score (nSPS) is 10.3. The van der Waals surface area contributed by atoms with E-state index in [0.29, 0.717) is 22.4 Å². The first-order valence-corrected chi connectivity index (χ1v) is 8.16. The number of benzene rings is 1. The van der Waals surface area contributed by atoms with E-state index in [-0.39, 0.29) is 23.6 Å². The first-order valence-electron chi connectivity index (χ1n) is 7.03. The number of nitrogens with zero attached hydrogens (tertiary/aromatic N) is 2. The van der Waals surface area contributed by atoms with E-state index in [1.165, 1.54) is 12.1 Å². The van der Waals surface area contributed by atoms with Crippen molar-refractivity contribution in [2.45, 2.75) is 13.3 Å². The molecular weight excluding hydrogens is 377 g/mol. The van der Waals surface area contributed by atoms with Crippen LogP contribution in [0.15, 0.2) is 24.3 Å². The van der Waals surface area contributed by atoms with Crippen molar-refractivity contribution in [1.82, 2.24) is 9.97 Å². The van der Waals surface area contributed by atoms with E-state index < -0.39 is 5.91 Å². The molecular formula is C15H14Cl3N3O3. The molecule has 0 radical (unpaired) electrons. The van der Waals surface area contributed by atoms with E-state index in [4.69, 9.17) is 44.3 Å². The van der Waals surface area contributed by atoms with Crippen LogP contribution in [0.4, 0.5) is 5.95 Å². The highest BCUT2D eigenvalue weighted by atomic mass is 35.5. The van der Waals surface area contributed by atoms with Crippen LogP contribution >= 0.6 is 34.8 Å². The lowest BCUT2D eigenvalue weighted by molar-refractivity contribution is -0.118. The highest BCUT2D eigenvalue weighted by Gasteiger charge is 2.10. The molecule has 1 heterocycles. The zero-order valence-electron chi connectivity index (χ0n) is 12.7. The summed E-state index contributed by atoms with van der Waals surface area (Å²) in [6, 6.07) is 6.17. The zero-order valence-corrected chi connectivity index (χ0v) is 15.0. The Balaban J connectivity index is 1.95. The lowest BCUT2D eigenvalue weighted by Crippen LogP contribution is -2.21. The number of carbonyl (C=O) groups is 1. The van der Waals surface area contributed by atoms with E-state index in [2.05, 4.69) is 15.3 Å². The molecule has 1 aromatic heterocycles. The van der Waals surface area contributed by atoms with Gasteiger partial charge < -0.3 is 9.47 Å². The number of anilines is 1. The minimum atomic E-state index is -0.468. The molecule has 1 aromatic carbocycles. The summed E-state index contributed by atoms with van der Waals surface area (Å²) in [5.41, 5.74) is 0. The maximum Gasteiger partial charge on any atom is 0.264 e. The number of halogens is 3. The predicted molar refractivity (Wildman–Crippen MR) is 93.4 cm³/mol. The van der Waals surface area contributed by atoms with Crippen molar-refractivity contribution in [3.05, 3.63) is 39.5 Å². The van der Waals surface area contributed by atoms with Crippen LogP contribution in [0.1, 0.15) is 13.3 Å². The number of carbonyl (C=O) groups excluding carboxylic acids is 1. The van der Waals surface area contributed by atoms with Gasteiger partial charge in [0.1, 0.15) is 10.9 Å². The average Bonchev–Trinajstić information content (AvgIpc) is 2.51. The molecule has 0 spiro atoms. The van der Waals surface area contributed by atoms with Crippen LogP contribution in [0.2, 0.25) is 15.2 Å². The molecule has 9 heteroatoms. The number of hydrogen-bond donors (Lipinski definition) is 1. The standard InChI is InChI=1S/C15H14Cl3N3O3/c1-2-5-23-14-7-12(18)19-15(21-14)20-13(22)8-24-11-4-3-9(16)6-10(11)17/h3-4,6-7H,2,5,8H2,1H3,(H,19,20,21,22). The van der Waals surface area contributed by atoms with Crippen LogP contribution in [0.5, 0.6) is 11.6 Å². The van der Waals surface area contributed by atoms with Crippen LogP contribution in [-0.4, -0.2) is 29.1 Å². The fraction of sp³-hybridized carbons (Fsp3) is 0.267. The Labute approximate surface area is 154 Å². The Morgan fingerprint density at radius 1 is 1.17 bits per heavy atom. The fourth-order valence-electron chi connectivity index (χ4n) is 1.63. The topological polar surface area (TPSA) is 73.3 Å². The lowest BCUT2D eigenvalue weighted by Gasteiger charge is -2.09. The largest absolute Gasteiger partial charge is 0.482 e. The van der Waals surface area contributed by atoms with Crippen molar-refractivity contribution in [3.8, 4) is 11.6 Å². The van der Waals surface area contributed by atoms with E-state index in [9.17, 15) is 4.79 Å². The summed E-state index contributed by atoms with van der Waals surface area (Å²) in [5, 5.41) is 3.43. The molecule has 0 aliphatic heterocycles. The van der Waals surface area contributed by atoms with Gasteiger partial charge in [0.05, 0.1) is 11.6 Å². The average molecular weight is 391 g/mol. The molecule has 0 aliphatic carbocycles. The molecule has 1 amide bonds.